The van der Waals surface area contributed by atoms with Crippen molar-refractivity contribution in [2.75, 3.05) is 11.1 Å². The molecule has 1 aliphatic rings. The second kappa shape index (κ2) is 2.65. The minimum atomic E-state index is 0.607. The van der Waals surface area contributed by atoms with Gasteiger partial charge in [0.25, 0.3) is 0 Å². The Morgan fingerprint density at radius 2 is 2.33 bits per heavy atom. The largest absolute Gasteiger partial charge is 0.383 e. The number of aromatic nitrogens is 2. The number of aryl methyl sites for hydroxylation is 1. The third kappa shape index (κ3) is 1.29. The topological polar surface area (TPSA) is 55.9 Å². The van der Waals surface area contributed by atoms with E-state index < -0.39 is 0 Å². The van der Waals surface area contributed by atoms with E-state index in [0.29, 0.717) is 11.9 Å². The van der Waals surface area contributed by atoms with Crippen molar-refractivity contribution >= 4 is 27.6 Å². The molecular weight excluding hydrogens is 220 g/mol. The zero-order valence-electron chi connectivity index (χ0n) is 6.84. The third-order valence-electron chi connectivity index (χ3n) is 1.95. The summed E-state index contributed by atoms with van der Waals surface area (Å²) < 4.78 is 2.53. The van der Waals surface area contributed by atoms with Crippen molar-refractivity contribution in [2.24, 2.45) is 7.05 Å². The molecule has 1 aliphatic carbocycles. The highest BCUT2D eigenvalue weighted by atomic mass is 79.9. The van der Waals surface area contributed by atoms with E-state index >= 15 is 0 Å². The minimum Gasteiger partial charge on any atom is -0.383 e. The number of nitrogens with one attached hydrogen (secondary N) is 1. The summed E-state index contributed by atoms with van der Waals surface area (Å²) in [6.45, 7) is 0. The molecule has 12 heavy (non-hydrogen) atoms. The van der Waals surface area contributed by atoms with Crippen LogP contribution >= 0.6 is 15.9 Å². The van der Waals surface area contributed by atoms with Crippen LogP contribution in [0.2, 0.25) is 0 Å². The van der Waals surface area contributed by atoms with Crippen LogP contribution in [0.3, 0.4) is 0 Å². The molecule has 66 valence electrons. The van der Waals surface area contributed by atoms with Gasteiger partial charge in [-0.3, -0.25) is 0 Å². The van der Waals surface area contributed by atoms with Crippen LogP contribution < -0.4 is 11.1 Å². The Bertz CT molecular complexity index is 303. The SMILES string of the molecule is Cn1nc(NC2CC2)c(Br)c1N. The average Bonchev–Trinajstić information content (AvgIpc) is 2.80. The standard InChI is InChI=1S/C7H11BrN4/c1-12-6(9)5(8)7(11-12)10-4-2-3-4/h4H,2-3,9H2,1H3,(H,10,11). The van der Waals surface area contributed by atoms with E-state index in [2.05, 4.69) is 26.3 Å². The first-order chi connectivity index (χ1) is 5.68. The van der Waals surface area contributed by atoms with Crippen LogP contribution in [0.25, 0.3) is 0 Å². The van der Waals surface area contributed by atoms with E-state index in [1.165, 1.54) is 12.8 Å². The summed E-state index contributed by atoms with van der Waals surface area (Å²) in [5.41, 5.74) is 5.71. The maximum Gasteiger partial charge on any atom is 0.164 e. The summed E-state index contributed by atoms with van der Waals surface area (Å²) in [4.78, 5) is 0. The Balaban J connectivity index is 2.23. The second-order valence-corrected chi connectivity index (χ2v) is 3.88. The van der Waals surface area contributed by atoms with Crippen molar-refractivity contribution in [1.29, 1.82) is 0 Å². The number of hydrogen-bond donors (Lipinski definition) is 2. The van der Waals surface area contributed by atoms with Crippen molar-refractivity contribution in [2.45, 2.75) is 18.9 Å². The lowest BCUT2D eigenvalue weighted by atomic mass is 10.5. The van der Waals surface area contributed by atoms with Crippen LogP contribution in [0.5, 0.6) is 0 Å². The van der Waals surface area contributed by atoms with Gasteiger partial charge in [0.05, 0.1) is 0 Å². The number of nitrogens with zero attached hydrogens (tertiary/aromatic N) is 2. The fraction of sp³-hybridized carbons (Fsp3) is 0.571. The normalized spacial score (nSPS) is 16.5. The number of nitrogens with two attached hydrogens (primary N) is 1. The fourth-order valence-corrected chi connectivity index (χ4v) is 1.47. The van der Waals surface area contributed by atoms with Crippen LogP contribution in [0.4, 0.5) is 11.6 Å². The molecule has 1 saturated carbocycles. The Hall–Kier alpha value is -0.710. The lowest BCUT2D eigenvalue weighted by Crippen LogP contribution is -2.02. The minimum absolute atomic E-state index is 0.607. The van der Waals surface area contributed by atoms with Gasteiger partial charge in [0.1, 0.15) is 10.3 Å². The molecule has 0 bridgehead atoms. The zero-order valence-corrected chi connectivity index (χ0v) is 8.43. The molecule has 0 atom stereocenters. The molecule has 2 rings (SSSR count). The molecule has 0 spiro atoms. The molecule has 0 amide bonds. The van der Waals surface area contributed by atoms with Crippen LogP contribution in [-0.4, -0.2) is 15.8 Å². The van der Waals surface area contributed by atoms with Crippen LogP contribution in [0.15, 0.2) is 4.47 Å². The lowest BCUT2D eigenvalue weighted by molar-refractivity contribution is 0.779. The fourth-order valence-electron chi connectivity index (χ4n) is 1.02. The molecule has 0 aliphatic heterocycles. The predicted molar refractivity (Wildman–Crippen MR) is 52.0 cm³/mol. The van der Waals surface area contributed by atoms with Gasteiger partial charge in [-0.15, -0.1) is 0 Å². The summed E-state index contributed by atoms with van der Waals surface area (Å²) in [5.74, 6) is 1.52. The first-order valence-electron chi connectivity index (χ1n) is 3.93. The van der Waals surface area contributed by atoms with E-state index in [9.17, 15) is 0 Å². The summed E-state index contributed by atoms with van der Waals surface area (Å²) in [6, 6.07) is 0.607. The van der Waals surface area contributed by atoms with Crippen LogP contribution in [-0.2, 0) is 7.05 Å². The second-order valence-electron chi connectivity index (χ2n) is 3.09. The van der Waals surface area contributed by atoms with E-state index in [4.69, 9.17) is 5.73 Å². The van der Waals surface area contributed by atoms with Gasteiger partial charge in [-0.2, -0.15) is 5.10 Å². The molecule has 1 fully saturated rings. The molecular formula is C7H11BrN4. The Morgan fingerprint density at radius 3 is 2.75 bits per heavy atom. The smallest absolute Gasteiger partial charge is 0.164 e. The van der Waals surface area contributed by atoms with E-state index in [0.717, 1.165) is 10.3 Å². The van der Waals surface area contributed by atoms with Crippen molar-refractivity contribution in [3.8, 4) is 0 Å². The number of halogens is 1. The van der Waals surface area contributed by atoms with E-state index in [1.807, 2.05) is 7.05 Å². The summed E-state index contributed by atoms with van der Waals surface area (Å²) in [5, 5.41) is 7.51. The van der Waals surface area contributed by atoms with Crippen molar-refractivity contribution in [1.82, 2.24) is 9.78 Å². The molecule has 4 nitrogen and oxygen atoms in total. The van der Waals surface area contributed by atoms with Crippen LogP contribution in [0, 0.1) is 0 Å². The quantitative estimate of drug-likeness (QED) is 0.807. The van der Waals surface area contributed by atoms with Gasteiger partial charge < -0.3 is 11.1 Å². The molecule has 0 radical (unpaired) electrons. The molecule has 1 aromatic heterocycles. The van der Waals surface area contributed by atoms with Gasteiger partial charge in [0, 0.05) is 13.1 Å². The number of anilines is 2. The summed E-state index contributed by atoms with van der Waals surface area (Å²) >= 11 is 3.39. The molecule has 0 saturated heterocycles. The average molecular weight is 231 g/mol. The third-order valence-corrected chi connectivity index (χ3v) is 2.73. The summed E-state index contributed by atoms with van der Waals surface area (Å²) in [6.07, 6.45) is 2.48. The van der Waals surface area contributed by atoms with Gasteiger partial charge >= 0.3 is 0 Å². The number of hydrogen-bond acceptors (Lipinski definition) is 3. The predicted octanol–water partition coefficient (Wildman–Crippen LogP) is 1.34. The molecule has 3 N–H and O–H groups in total. The maximum absolute atomic E-state index is 5.71. The highest BCUT2D eigenvalue weighted by molar-refractivity contribution is 9.10. The Kier molecular flexibility index (Phi) is 1.75. The monoisotopic (exact) mass is 230 g/mol. The van der Waals surface area contributed by atoms with E-state index in [1.54, 1.807) is 4.68 Å². The van der Waals surface area contributed by atoms with Crippen molar-refractivity contribution in [3.05, 3.63) is 4.47 Å². The highest BCUT2D eigenvalue weighted by Gasteiger charge is 2.23. The number of rotatable bonds is 2. The maximum atomic E-state index is 5.71. The Morgan fingerprint density at radius 1 is 1.67 bits per heavy atom. The van der Waals surface area contributed by atoms with Gasteiger partial charge in [-0.1, -0.05) is 0 Å². The van der Waals surface area contributed by atoms with Gasteiger partial charge in [-0.05, 0) is 28.8 Å². The highest BCUT2D eigenvalue weighted by Crippen LogP contribution is 2.31. The van der Waals surface area contributed by atoms with Gasteiger partial charge in [0.2, 0.25) is 0 Å². The summed E-state index contributed by atoms with van der Waals surface area (Å²) in [7, 11) is 1.83. The first kappa shape index (κ1) is 7.91. The van der Waals surface area contributed by atoms with Crippen molar-refractivity contribution in [3.63, 3.8) is 0 Å². The molecule has 5 heteroatoms. The van der Waals surface area contributed by atoms with Gasteiger partial charge in [0.15, 0.2) is 5.82 Å². The lowest BCUT2D eigenvalue weighted by Gasteiger charge is -1.97. The molecule has 0 aromatic carbocycles. The number of nitrogen functional groups attached to an aromatic ring is 1. The first-order valence-corrected chi connectivity index (χ1v) is 4.72. The van der Waals surface area contributed by atoms with Crippen LogP contribution in [0.1, 0.15) is 12.8 Å². The Labute approximate surface area is 79.2 Å². The molecule has 1 aromatic rings. The zero-order chi connectivity index (χ0) is 8.72. The van der Waals surface area contributed by atoms with E-state index in [-0.39, 0.29) is 0 Å². The molecule has 0 unspecified atom stereocenters. The van der Waals surface area contributed by atoms with Crippen molar-refractivity contribution < 1.29 is 0 Å². The van der Waals surface area contributed by atoms with Gasteiger partial charge in [-0.25, -0.2) is 4.68 Å². The molecule has 1 heterocycles.